The van der Waals surface area contributed by atoms with Gasteiger partial charge in [-0.2, -0.15) is 0 Å². The van der Waals surface area contributed by atoms with Gasteiger partial charge in [0.25, 0.3) is 0 Å². The molecule has 0 aliphatic heterocycles. The Bertz CT molecular complexity index is 379. The van der Waals surface area contributed by atoms with Crippen molar-refractivity contribution in [2.24, 2.45) is 5.41 Å². The van der Waals surface area contributed by atoms with Gasteiger partial charge in [0, 0.05) is 5.02 Å². The highest BCUT2D eigenvalue weighted by Gasteiger charge is 2.18. The van der Waals surface area contributed by atoms with Crippen molar-refractivity contribution in [1.29, 1.82) is 0 Å². The minimum atomic E-state index is -0.757. The van der Waals surface area contributed by atoms with Gasteiger partial charge in [-0.3, -0.25) is 4.79 Å². The van der Waals surface area contributed by atoms with Crippen LogP contribution in [0.5, 0.6) is 5.75 Å². The predicted molar refractivity (Wildman–Crippen MR) is 75.7 cm³/mol. The van der Waals surface area contributed by atoms with Gasteiger partial charge >= 0.3 is 5.97 Å². The van der Waals surface area contributed by atoms with Crippen molar-refractivity contribution >= 4 is 17.6 Å². The van der Waals surface area contributed by atoms with Crippen LogP contribution in [0.3, 0.4) is 0 Å². The molecule has 1 aromatic rings. The molecule has 0 fully saturated rings. The zero-order valence-electron chi connectivity index (χ0n) is 11.7. The summed E-state index contributed by atoms with van der Waals surface area (Å²) in [6.45, 7) is 6.97. The fourth-order valence-electron chi connectivity index (χ4n) is 0.748. The van der Waals surface area contributed by atoms with E-state index in [1.165, 1.54) is 0 Å². The lowest BCUT2D eigenvalue weighted by molar-refractivity contribution is -0.145. The van der Waals surface area contributed by atoms with E-state index in [1.54, 1.807) is 52.0 Å². The number of halogens is 1. The molecule has 1 rings (SSSR count). The van der Waals surface area contributed by atoms with Crippen molar-refractivity contribution in [3.8, 4) is 5.75 Å². The first-order chi connectivity index (χ1) is 8.62. The van der Waals surface area contributed by atoms with E-state index in [1.807, 2.05) is 0 Å². The molecule has 0 bridgehead atoms. The maximum atomic E-state index is 10.0. The molecule has 0 aromatic heterocycles. The monoisotopic (exact) mass is 288 g/mol. The number of hydrogen-bond donors (Lipinski definition) is 2. The molecule has 5 heteroatoms. The van der Waals surface area contributed by atoms with Crippen molar-refractivity contribution in [2.45, 2.75) is 33.8 Å². The largest absolute Gasteiger partial charge is 0.491 e. The quantitative estimate of drug-likeness (QED) is 0.896. The van der Waals surface area contributed by atoms with Gasteiger partial charge in [0.1, 0.15) is 12.4 Å². The minimum absolute atomic E-state index is 0.307. The SMILES string of the molecule is CC(C)(C)C(=O)O.CC(O)COc1ccc(Cl)cc1. The van der Waals surface area contributed by atoms with Crippen LogP contribution >= 0.6 is 11.6 Å². The van der Waals surface area contributed by atoms with Gasteiger partial charge in [-0.1, -0.05) is 11.6 Å². The van der Waals surface area contributed by atoms with Gasteiger partial charge in [0.15, 0.2) is 0 Å². The Morgan fingerprint density at radius 2 is 1.74 bits per heavy atom. The van der Waals surface area contributed by atoms with Crippen molar-refractivity contribution in [1.82, 2.24) is 0 Å². The molecule has 0 amide bonds. The van der Waals surface area contributed by atoms with Crippen LogP contribution in [-0.2, 0) is 4.79 Å². The van der Waals surface area contributed by atoms with E-state index < -0.39 is 17.5 Å². The number of benzene rings is 1. The second-order valence-electron chi connectivity index (χ2n) is 5.17. The molecule has 0 saturated heterocycles. The summed E-state index contributed by atoms with van der Waals surface area (Å²) >= 11 is 5.67. The van der Waals surface area contributed by atoms with Gasteiger partial charge in [-0.15, -0.1) is 0 Å². The Kier molecular flexibility index (Phi) is 7.49. The van der Waals surface area contributed by atoms with Crippen LogP contribution in [0.4, 0.5) is 0 Å². The van der Waals surface area contributed by atoms with Gasteiger partial charge < -0.3 is 14.9 Å². The molecule has 0 spiro atoms. The van der Waals surface area contributed by atoms with Crippen molar-refractivity contribution in [3.05, 3.63) is 29.3 Å². The molecule has 19 heavy (non-hydrogen) atoms. The van der Waals surface area contributed by atoms with E-state index in [2.05, 4.69) is 0 Å². The number of aliphatic hydroxyl groups excluding tert-OH is 1. The van der Waals surface area contributed by atoms with Crippen LogP contribution in [-0.4, -0.2) is 28.9 Å². The highest BCUT2D eigenvalue weighted by atomic mass is 35.5. The average molecular weight is 289 g/mol. The van der Waals surface area contributed by atoms with Crippen molar-refractivity contribution in [3.63, 3.8) is 0 Å². The number of carboxylic acids is 1. The van der Waals surface area contributed by atoms with Crippen molar-refractivity contribution < 1.29 is 19.7 Å². The second-order valence-corrected chi connectivity index (χ2v) is 5.61. The molecule has 0 radical (unpaired) electrons. The summed E-state index contributed by atoms with van der Waals surface area (Å²) in [7, 11) is 0. The molecule has 2 N–H and O–H groups in total. The molecule has 108 valence electrons. The van der Waals surface area contributed by atoms with Crippen LogP contribution in [0.1, 0.15) is 27.7 Å². The lowest BCUT2D eigenvalue weighted by Crippen LogP contribution is -2.18. The Morgan fingerprint density at radius 1 is 1.32 bits per heavy atom. The summed E-state index contributed by atoms with van der Waals surface area (Å²) in [5, 5.41) is 17.8. The van der Waals surface area contributed by atoms with E-state index in [0.29, 0.717) is 11.6 Å². The molecule has 4 nitrogen and oxygen atoms in total. The van der Waals surface area contributed by atoms with E-state index in [9.17, 15) is 4.79 Å². The number of hydrogen-bond acceptors (Lipinski definition) is 3. The molecule has 0 saturated carbocycles. The first-order valence-corrected chi connectivity index (χ1v) is 6.30. The Hall–Kier alpha value is -1.26. The minimum Gasteiger partial charge on any atom is -0.491 e. The van der Waals surface area contributed by atoms with E-state index in [0.717, 1.165) is 5.75 Å². The Labute approximate surface area is 119 Å². The Morgan fingerprint density at radius 3 is 2.05 bits per heavy atom. The van der Waals surface area contributed by atoms with E-state index in [4.69, 9.17) is 26.6 Å². The third-order valence-corrected chi connectivity index (χ3v) is 2.20. The van der Waals surface area contributed by atoms with Gasteiger partial charge in [0.2, 0.25) is 0 Å². The molecule has 1 atom stereocenters. The fourth-order valence-corrected chi connectivity index (χ4v) is 0.874. The maximum absolute atomic E-state index is 10.0. The third kappa shape index (κ3) is 9.33. The summed E-state index contributed by atoms with van der Waals surface area (Å²) in [6.07, 6.45) is -0.444. The number of carbonyl (C=O) groups is 1. The zero-order chi connectivity index (χ0) is 15.1. The summed E-state index contributed by atoms with van der Waals surface area (Å²) in [6, 6.07) is 7.04. The summed E-state index contributed by atoms with van der Waals surface area (Å²) in [5.41, 5.74) is -0.583. The normalized spacial score (nSPS) is 12.1. The average Bonchev–Trinajstić information content (AvgIpc) is 2.27. The van der Waals surface area contributed by atoms with Crippen LogP contribution < -0.4 is 4.74 Å². The van der Waals surface area contributed by atoms with E-state index >= 15 is 0 Å². The molecule has 0 heterocycles. The maximum Gasteiger partial charge on any atom is 0.308 e. The second kappa shape index (κ2) is 8.02. The van der Waals surface area contributed by atoms with Crippen LogP contribution in [0.25, 0.3) is 0 Å². The molecule has 0 aliphatic carbocycles. The van der Waals surface area contributed by atoms with Gasteiger partial charge in [0.05, 0.1) is 11.5 Å². The smallest absolute Gasteiger partial charge is 0.308 e. The molecule has 0 aliphatic rings. The summed E-state index contributed by atoms with van der Waals surface area (Å²) in [4.78, 5) is 10.0. The molecular formula is C14H21ClO4. The lowest BCUT2D eigenvalue weighted by atomic mass is 9.98. The van der Waals surface area contributed by atoms with Gasteiger partial charge in [-0.25, -0.2) is 0 Å². The Balaban J connectivity index is 0.000000399. The first kappa shape index (κ1) is 17.7. The number of rotatable bonds is 3. The molecular weight excluding hydrogens is 268 g/mol. The fraction of sp³-hybridized carbons (Fsp3) is 0.500. The molecule has 1 unspecified atom stereocenters. The standard InChI is InChI=1S/C9H11ClO2.C5H10O2/c1-7(11)6-12-9-4-2-8(10)3-5-9;1-5(2,3)4(6)7/h2-5,7,11H,6H2,1H3;1-3H3,(H,6,7). The summed E-state index contributed by atoms with van der Waals surface area (Å²) in [5.74, 6) is -0.0344. The van der Waals surface area contributed by atoms with Crippen molar-refractivity contribution in [2.75, 3.05) is 6.61 Å². The zero-order valence-corrected chi connectivity index (χ0v) is 12.4. The summed E-state index contributed by atoms with van der Waals surface area (Å²) < 4.78 is 5.21. The van der Waals surface area contributed by atoms with Crippen LogP contribution in [0, 0.1) is 5.41 Å². The highest BCUT2D eigenvalue weighted by molar-refractivity contribution is 6.30. The first-order valence-electron chi connectivity index (χ1n) is 5.92. The van der Waals surface area contributed by atoms with Crippen LogP contribution in [0.15, 0.2) is 24.3 Å². The number of carboxylic acid groups (broad SMARTS) is 1. The number of aliphatic carboxylic acids is 1. The van der Waals surface area contributed by atoms with Crippen LogP contribution in [0.2, 0.25) is 5.02 Å². The number of aliphatic hydroxyl groups is 1. The van der Waals surface area contributed by atoms with Gasteiger partial charge in [-0.05, 0) is 52.0 Å². The highest BCUT2D eigenvalue weighted by Crippen LogP contribution is 2.15. The van der Waals surface area contributed by atoms with E-state index in [-0.39, 0.29) is 0 Å². The predicted octanol–water partition coefficient (Wildman–Crippen LogP) is 3.22. The third-order valence-electron chi connectivity index (χ3n) is 1.95. The lowest BCUT2D eigenvalue weighted by Gasteiger charge is -2.08. The topological polar surface area (TPSA) is 66.8 Å². The number of ether oxygens (including phenoxy) is 1. The molecule has 1 aromatic carbocycles.